The first-order valence-corrected chi connectivity index (χ1v) is 20.6. The maximum absolute atomic E-state index is 5.19. The normalized spacial score (nSPS) is 12.2. The van der Waals surface area contributed by atoms with Gasteiger partial charge in [0.05, 0.1) is 22.8 Å². The number of unbranched alkanes of at least 4 members (excludes halogenated alkanes) is 25. The molecule has 0 radical (unpaired) electrons. The van der Waals surface area contributed by atoms with Crippen LogP contribution in [-0.2, 0) is 0 Å². The molecule has 0 N–H and O–H groups in total. The standard InChI is InChI=1S/C45H74N2/c1-3-5-7-9-11-12-13-14-15-16-17-18-19-20-21-22-23-24-25-27-35-41-45(47-43-38-32-29-33-39-43)44(40-34-26-10-8-6-4-2)46-42-36-30-28-31-37-42/h28-33,36-39H,3-27,34-35,40-41H2,1-2H3. The molecular formula is C45H74N2. The van der Waals surface area contributed by atoms with E-state index in [0.29, 0.717) is 0 Å². The summed E-state index contributed by atoms with van der Waals surface area (Å²) in [7, 11) is 0. The zero-order valence-electron chi connectivity index (χ0n) is 31.2. The Hall–Kier alpha value is -2.22. The average molecular weight is 643 g/mol. The van der Waals surface area contributed by atoms with Gasteiger partial charge in [0.15, 0.2) is 0 Å². The molecule has 2 heteroatoms. The molecule has 47 heavy (non-hydrogen) atoms. The lowest BCUT2D eigenvalue weighted by atomic mass is 9.99. The molecule has 0 aliphatic heterocycles. The van der Waals surface area contributed by atoms with Gasteiger partial charge in [-0.2, -0.15) is 0 Å². The van der Waals surface area contributed by atoms with Crippen molar-refractivity contribution in [1.29, 1.82) is 0 Å². The maximum atomic E-state index is 5.19. The highest BCUT2D eigenvalue weighted by Crippen LogP contribution is 2.21. The Kier molecular flexibility index (Phi) is 27.1. The molecule has 264 valence electrons. The van der Waals surface area contributed by atoms with Crippen LogP contribution >= 0.6 is 0 Å². The van der Waals surface area contributed by atoms with Crippen LogP contribution in [0.25, 0.3) is 0 Å². The largest absolute Gasteiger partial charge is 0.252 e. The Labute approximate surface area is 292 Å². The van der Waals surface area contributed by atoms with Gasteiger partial charge < -0.3 is 0 Å². The van der Waals surface area contributed by atoms with Gasteiger partial charge in [-0.25, -0.2) is 0 Å². The summed E-state index contributed by atoms with van der Waals surface area (Å²) >= 11 is 0. The van der Waals surface area contributed by atoms with Gasteiger partial charge in [-0.15, -0.1) is 0 Å². The fraction of sp³-hybridized carbons (Fsp3) is 0.689. The highest BCUT2D eigenvalue weighted by Gasteiger charge is 2.11. The second-order valence-corrected chi connectivity index (χ2v) is 14.1. The molecule has 2 aromatic carbocycles. The van der Waals surface area contributed by atoms with Gasteiger partial charge in [0.25, 0.3) is 0 Å². The summed E-state index contributed by atoms with van der Waals surface area (Å²) in [5, 5.41) is 0. The molecule has 0 bridgehead atoms. The predicted molar refractivity (Wildman–Crippen MR) is 212 cm³/mol. The molecule has 0 saturated carbocycles. The maximum Gasteiger partial charge on any atom is 0.0633 e. The van der Waals surface area contributed by atoms with Crippen molar-refractivity contribution in [2.24, 2.45) is 9.98 Å². The monoisotopic (exact) mass is 643 g/mol. The van der Waals surface area contributed by atoms with Crippen molar-refractivity contribution in [2.45, 2.75) is 200 Å². The third kappa shape index (κ3) is 23.7. The van der Waals surface area contributed by atoms with E-state index in [9.17, 15) is 0 Å². The van der Waals surface area contributed by atoms with Gasteiger partial charge in [0.2, 0.25) is 0 Å². The summed E-state index contributed by atoms with van der Waals surface area (Å²) in [5.41, 5.74) is 4.50. The van der Waals surface area contributed by atoms with Crippen molar-refractivity contribution >= 4 is 22.8 Å². The number of benzene rings is 2. The molecule has 0 aliphatic rings. The van der Waals surface area contributed by atoms with Gasteiger partial charge in [-0.1, -0.05) is 211 Å². The number of rotatable bonds is 32. The van der Waals surface area contributed by atoms with Crippen molar-refractivity contribution in [2.75, 3.05) is 0 Å². The van der Waals surface area contributed by atoms with Crippen LogP contribution in [0, 0.1) is 0 Å². The number of hydrogen-bond donors (Lipinski definition) is 0. The van der Waals surface area contributed by atoms with Crippen LogP contribution in [-0.4, -0.2) is 11.4 Å². The molecule has 2 nitrogen and oxygen atoms in total. The van der Waals surface area contributed by atoms with Gasteiger partial charge >= 0.3 is 0 Å². The lowest BCUT2D eigenvalue weighted by Crippen LogP contribution is -2.14. The van der Waals surface area contributed by atoms with E-state index in [1.54, 1.807) is 0 Å². The Balaban J connectivity index is 1.63. The quantitative estimate of drug-likeness (QED) is 0.0560. The molecule has 0 amide bonds. The second kappa shape index (κ2) is 31.1. The fourth-order valence-electron chi connectivity index (χ4n) is 6.64. The van der Waals surface area contributed by atoms with Gasteiger partial charge in [0.1, 0.15) is 0 Å². The van der Waals surface area contributed by atoms with Crippen LogP contribution in [0.15, 0.2) is 70.6 Å². The summed E-state index contributed by atoms with van der Waals surface area (Å²) in [6, 6.07) is 21.0. The smallest absolute Gasteiger partial charge is 0.0633 e. The Morgan fingerprint density at radius 1 is 0.319 bits per heavy atom. The number of nitrogens with zero attached hydrogens (tertiary/aromatic N) is 2. The molecule has 0 unspecified atom stereocenters. The Morgan fingerprint density at radius 2 is 0.553 bits per heavy atom. The van der Waals surface area contributed by atoms with Crippen molar-refractivity contribution < 1.29 is 0 Å². The second-order valence-electron chi connectivity index (χ2n) is 14.1. The van der Waals surface area contributed by atoms with Crippen molar-refractivity contribution in [3.8, 4) is 0 Å². The predicted octanol–water partition coefficient (Wildman–Crippen LogP) is 15.9. The molecule has 0 atom stereocenters. The lowest BCUT2D eigenvalue weighted by Gasteiger charge is -2.12. The van der Waals surface area contributed by atoms with Crippen LogP contribution in [0.3, 0.4) is 0 Å². The summed E-state index contributed by atoms with van der Waals surface area (Å²) in [4.78, 5) is 10.4. The third-order valence-electron chi connectivity index (χ3n) is 9.66. The van der Waals surface area contributed by atoms with Crippen LogP contribution < -0.4 is 0 Å². The lowest BCUT2D eigenvalue weighted by molar-refractivity contribution is 0.521. The van der Waals surface area contributed by atoms with Crippen LogP contribution in [0.4, 0.5) is 11.4 Å². The van der Waals surface area contributed by atoms with Crippen LogP contribution in [0.5, 0.6) is 0 Å². The Morgan fingerprint density at radius 3 is 0.809 bits per heavy atom. The van der Waals surface area contributed by atoms with Crippen LogP contribution in [0.1, 0.15) is 200 Å². The van der Waals surface area contributed by atoms with E-state index in [-0.39, 0.29) is 0 Å². The zero-order valence-corrected chi connectivity index (χ0v) is 31.2. The van der Waals surface area contributed by atoms with Gasteiger partial charge in [-0.3, -0.25) is 9.98 Å². The average Bonchev–Trinajstić information content (AvgIpc) is 3.10. The molecule has 0 aliphatic carbocycles. The first-order chi connectivity index (χ1) is 23.3. The van der Waals surface area contributed by atoms with Gasteiger partial charge in [-0.05, 0) is 49.9 Å². The molecule has 0 spiro atoms. The molecule has 0 heterocycles. The molecular weight excluding hydrogens is 569 g/mol. The fourth-order valence-corrected chi connectivity index (χ4v) is 6.64. The third-order valence-corrected chi connectivity index (χ3v) is 9.66. The molecule has 2 aromatic rings. The number of hydrogen-bond acceptors (Lipinski definition) is 2. The highest BCUT2D eigenvalue weighted by atomic mass is 14.8. The van der Waals surface area contributed by atoms with E-state index in [2.05, 4.69) is 74.5 Å². The van der Waals surface area contributed by atoms with E-state index < -0.39 is 0 Å². The van der Waals surface area contributed by atoms with E-state index in [0.717, 1.165) is 24.2 Å². The minimum atomic E-state index is 1.02. The molecule has 0 saturated heterocycles. The molecule has 0 aromatic heterocycles. The highest BCUT2D eigenvalue weighted by molar-refractivity contribution is 6.43. The summed E-state index contributed by atoms with van der Waals surface area (Å²) < 4.78 is 0. The van der Waals surface area contributed by atoms with Crippen molar-refractivity contribution in [1.82, 2.24) is 0 Å². The number of para-hydroxylation sites is 2. The first kappa shape index (κ1) is 41.0. The van der Waals surface area contributed by atoms with Gasteiger partial charge in [0, 0.05) is 0 Å². The van der Waals surface area contributed by atoms with E-state index in [1.165, 1.54) is 185 Å². The SMILES string of the molecule is CCCCCCCCCCCCCCCCCCCCCCCC(=Nc1ccccc1)C(CCCCCCCC)=Nc1ccccc1. The summed E-state index contributed by atoms with van der Waals surface area (Å²) in [6.45, 7) is 4.59. The van der Waals surface area contributed by atoms with Crippen molar-refractivity contribution in [3.63, 3.8) is 0 Å². The Bertz CT molecular complexity index is 993. The van der Waals surface area contributed by atoms with E-state index in [1.807, 2.05) is 0 Å². The zero-order chi connectivity index (χ0) is 33.3. The minimum absolute atomic E-state index is 1.02. The molecule has 2 rings (SSSR count). The first-order valence-electron chi connectivity index (χ1n) is 20.6. The summed E-state index contributed by atoms with van der Waals surface area (Å²) in [6.07, 6.45) is 39.7. The minimum Gasteiger partial charge on any atom is -0.252 e. The number of aliphatic imine (C=N–C) groups is 2. The van der Waals surface area contributed by atoms with Crippen LogP contribution in [0.2, 0.25) is 0 Å². The van der Waals surface area contributed by atoms with Crippen molar-refractivity contribution in [3.05, 3.63) is 60.7 Å². The topological polar surface area (TPSA) is 24.7 Å². The van der Waals surface area contributed by atoms with E-state index >= 15 is 0 Å². The molecule has 0 fully saturated rings. The summed E-state index contributed by atoms with van der Waals surface area (Å²) in [5.74, 6) is 0. The van der Waals surface area contributed by atoms with E-state index in [4.69, 9.17) is 9.98 Å².